The lowest BCUT2D eigenvalue weighted by Crippen LogP contribution is -2.24. The number of para-hydroxylation sites is 1. The molecule has 1 amide bonds. The van der Waals surface area contributed by atoms with Crippen LogP contribution in [0.1, 0.15) is 20.9 Å². The van der Waals surface area contributed by atoms with Gasteiger partial charge in [0, 0.05) is 12.1 Å². The van der Waals surface area contributed by atoms with Gasteiger partial charge < -0.3 is 5.32 Å². The van der Waals surface area contributed by atoms with E-state index < -0.39 is 10.0 Å². The number of aromatic nitrogens is 1. The Hall–Kier alpha value is -2.29. The Morgan fingerprint density at radius 3 is 2.54 bits per heavy atom. The van der Waals surface area contributed by atoms with Crippen molar-refractivity contribution in [2.45, 2.75) is 13.0 Å². The van der Waals surface area contributed by atoms with Gasteiger partial charge in [-0.2, -0.15) is 0 Å². The number of thiazole rings is 1. The quantitative estimate of drug-likeness (QED) is 0.649. The summed E-state index contributed by atoms with van der Waals surface area (Å²) in [5, 5.41) is 3.74. The average molecular weight is 390 g/mol. The third-order valence-corrected chi connectivity index (χ3v) is 5.50. The zero-order valence-electron chi connectivity index (χ0n) is 14.2. The number of nitrogens with one attached hydrogen (secondary N) is 2. The molecule has 0 radical (unpaired) electrons. The van der Waals surface area contributed by atoms with Gasteiger partial charge in [-0.1, -0.05) is 24.3 Å². The number of amides is 1. The smallest absolute Gasteiger partial charge is 0.251 e. The van der Waals surface area contributed by atoms with Gasteiger partial charge in [0.2, 0.25) is 10.0 Å². The number of hydrogen-bond donors (Lipinski definition) is 2. The lowest BCUT2D eigenvalue weighted by molar-refractivity contribution is 0.0951. The predicted molar refractivity (Wildman–Crippen MR) is 104 cm³/mol. The van der Waals surface area contributed by atoms with Crippen LogP contribution in [0.4, 0.5) is 0 Å². The first kappa shape index (κ1) is 18.5. The summed E-state index contributed by atoms with van der Waals surface area (Å²) in [5.74, 6) is -0.162. The SMILES string of the molecule is CS(=O)(=O)NCCc1ccc(C(=O)NCc2nc3ccccc3s2)cc1. The molecule has 0 saturated heterocycles. The molecule has 0 saturated carbocycles. The number of carbonyl (C=O) groups is 1. The van der Waals surface area contributed by atoms with Crippen LogP contribution in [0.5, 0.6) is 0 Å². The first-order valence-electron chi connectivity index (χ1n) is 8.07. The molecule has 26 heavy (non-hydrogen) atoms. The molecule has 3 rings (SSSR count). The van der Waals surface area contributed by atoms with Crippen LogP contribution in [-0.2, 0) is 23.0 Å². The molecule has 8 heteroatoms. The molecule has 0 unspecified atom stereocenters. The van der Waals surface area contributed by atoms with E-state index in [-0.39, 0.29) is 5.91 Å². The highest BCUT2D eigenvalue weighted by molar-refractivity contribution is 7.88. The van der Waals surface area contributed by atoms with E-state index in [1.54, 1.807) is 23.5 Å². The summed E-state index contributed by atoms with van der Waals surface area (Å²) in [5.41, 5.74) is 2.46. The summed E-state index contributed by atoms with van der Waals surface area (Å²) in [6, 6.07) is 15.0. The molecule has 0 aliphatic heterocycles. The van der Waals surface area contributed by atoms with Crippen molar-refractivity contribution in [1.29, 1.82) is 0 Å². The van der Waals surface area contributed by atoms with Crippen molar-refractivity contribution in [3.63, 3.8) is 0 Å². The molecular formula is C18H19N3O3S2. The number of benzene rings is 2. The molecule has 2 N–H and O–H groups in total. The zero-order valence-corrected chi connectivity index (χ0v) is 15.9. The van der Waals surface area contributed by atoms with Crippen molar-refractivity contribution < 1.29 is 13.2 Å². The number of fused-ring (bicyclic) bond motifs is 1. The van der Waals surface area contributed by atoms with Gasteiger partial charge in [0.25, 0.3) is 5.91 Å². The molecule has 0 aliphatic rings. The Kier molecular flexibility index (Phi) is 5.65. The van der Waals surface area contributed by atoms with E-state index in [4.69, 9.17) is 0 Å². The van der Waals surface area contributed by atoms with E-state index in [9.17, 15) is 13.2 Å². The maximum absolute atomic E-state index is 12.3. The van der Waals surface area contributed by atoms with Gasteiger partial charge in [0.15, 0.2) is 0 Å². The summed E-state index contributed by atoms with van der Waals surface area (Å²) in [6.07, 6.45) is 1.70. The highest BCUT2D eigenvalue weighted by Crippen LogP contribution is 2.21. The van der Waals surface area contributed by atoms with E-state index in [0.29, 0.717) is 25.1 Å². The zero-order chi connectivity index (χ0) is 18.6. The Labute approximate surface area is 156 Å². The molecule has 0 fully saturated rings. The predicted octanol–water partition coefficient (Wildman–Crippen LogP) is 2.32. The third kappa shape index (κ3) is 5.10. The summed E-state index contributed by atoms with van der Waals surface area (Å²) >= 11 is 1.57. The van der Waals surface area contributed by atoms with Crippen LogP contribution in [0.25, 0.3) is 10.2 Å². The fourth-order valence-electron chi connectivity index (χ4n) is 2.46. The van der Waals surface area contributed by atoms with E-state index >= 15 is 0 Å². The monoisotopic (exact) mass is 389 g/mol. The van der Waals surface area contributed by atoms with Gasteiger partial charge in [-0.3, -0.25) is 4.79 Å². The molecular weight excluding hydrogens is 370 g/mol. The molecule has 6 nitrogen and oxygen atoms in total. The molecule has 0 spiro atoms. The molecule has 0 bridgehead atoms. The Balaban J connectivity index is 1.54. The lowest BCUT2D eigenvalue weighted by atomic mass is 10.1. The number of sulfonamides is 1. The van der Waals surface area contributed by atoms with Crippen LogP contribution in [0, 0.1) is 0 Å². The second-order valence-corrected chi connectivity index (χ2v) is 8.82. The van der Waals surface area contributed by atoms with Crippen LogP contribution < -0.4 is 10.0 Å². The van der Waals surface area contributed by atoms with Crippen molar-refractivity contribution in [2.75, 3.05) is 12.8 Å². The van der Waals surface area contributed by atoms with Crippen molar-refractivity contribution in [3.8, 4) is 0 Å². The molecule has 3 aromatic rings. The van der Waals surface area contributed by atoms with Gasteiger partial charge in [-0.25, -0.2) is 18.1 Å². The van der Waals surface area contributed by atoms with Gasteiger partial charge in [-0.05, 0) is 36.2 Å². The van der Waals surface area contributed by atoms with Gasteiger partial charge in [-0.15, -0.1) is 11.3 Å². The standard InChI is InChI=1S/C18H19N3O3S2/c1-26(23,24)20-11-10-13-6-8-14(9-7-13)18(22)19-12-17-21-15-4-2-3-5-16(15)25-17/h2-9,20H,10-12H2,1H3,(H,19,22). The largest absolute Gasteiger partial charge is 0.346 e. The highest BCUT2D eigenvalue weighted by Gasteiger charge is 2.08. The first-order valence-corrected chi connectivity index (χ1v) is 10.8. The number of nitrogens with zero attached hydrogens (tertiary/aromatic N) is 1. The van der Waals surface area contributed by atoms with Gasteiger partial charge in [0.1, 0.15) is 5.01 Å². The van der Waals surface area contributed by atoms with E-state index in [1.807, 2.05) is 36.4 Å². The molecule has 0 atom stereocenters. The minimum Gasteiger partial charge on any atom is -0.346 e. The van der Waals surface area contributed by atoms with Crippen molar-refractivity contribution >= 4 is 37.5 Å². The molecule has 1 heterocycles. The number of carbonyl (C=O) groups excluding carboxylic acids is 1. The van der Waals surface area contributed by atoms with Crippen LogP contribution in [0.3, 0.4) is 0 Å². The van der Waals surface area contributed by atoms with Crippen molar-refractivity contribution in [3.05, 3.63) is 64.7 Å². The first-order chi connectivity index (χ1) is 12.4. The van der Waals surface area contributed by atoms with Crippen LogP contribution in [0.2, 0.25) is 0 Å². The Bertz CT molecular complexity index is 979. The maximum Gasteiger partial charge on any atom is 0.251 e. The fraction of sp³-hybridized carbons (Fsp3) is 0.222. The second-order valence-electron chi connectivity index (χ2n) is 5.87. The van der Waals surface area contributed by atoms with E-state index in [2.05, 4.69) is 15.0 Å². The summed E-state index contributed by atoms with van der Waals surface area (Å²) < 4.78 is 25.6. The molecule has 0 aliphatic carbocycles. The number of hydrogen-bond acceptors (Lipinski definition) is 5. The van der Waals surface area contributed by atoms with Crippen LogP contribution >= 0.6 is 11.3 Å². The molecule has 1 aromatic heterocycles. The van der Waals surface area contributed by atoms with E-state index in [0.717, 1.165) is 27.0 Å². The summed E-state index contributed by atoms with van der Waals surface area (Å²) in [6.45, 7) is 0.722. The summed E-state index contributed by atoms with van der Waals surface area (Å²) in [4.78, 5) is 16.8. The average Bonchev–Trinajstić information content (AvgIpc) is 3.02. The van der Waals surface area contributed by atoms with Gasteiger partial charge >= 0.3 is 0 Å². The Morgan fingerprint density at radius 2 is 1.85 bits per heavy atom. The molecule has 136 valence electrons. The Morgan fingerprint density at radius 1 is 1.12 bits per heavy atom. The normalized spacial score (nSPS) is 11.6. The minimum absolute atomic E-state index is 0.162. The maximum atomic E-state index is 12.3. The fourth-order valence-corrected chi connectivity index (χ4v) is 3.84. The van der Waals surface area contributed by atoms with Gasteiger partial charge in [0.05, 0.1) is 23.0 Å². The third-order valence-electron chi connectivity index (χ3n) is 3.73. The van der Waals surface area contributed by atoms with E-state index in [1.165, 1.54) is 0 Å². The lowest BCUT2D eigenvalue weighted by Gasteiger charge is -2.06. The van der Waals surface area contributed by atoms with Crippen molar-refractivity contribution in [1.82, 2.24) is 15.0 Å². The topological polar surface area (TPSA) is 88.2 Å². The van der Waals surface area contributed by atoms with Crippen LogP contribution in [0.15, 0.2) is 48.5 Å². The minimum atomic E-state index is -3.18. The highest BCUT2D eigenvalue weighted by atomic mass is 32.2. The summed E-state index contributed by atoms with van der Waals surface area (Å²) in [7, 11) is -3.18. The van der Waals surface area contributed by atoms with Crippen LogP contribution in [-0.4, -0.2) is 32.1 Å². The second kappa shape index (κ2) is 7.94. The number of rotatable bonds is 7. The van der Waals surface area contributed by atoms with Crippen molar-refractivity contribution in [2.24, 2.45) is 0 Å². The molecule has 2 aromatic carbocycles.